The molecule has 0 aliphatic rings. The molecule has 1 N–H and O–H groups in total. The summed E-state index contributed by atoms with van der Waals surface area (Å²) in [5, 5.41) is 9.08. The summed E-state index contributed by atoms with van der Waals surface area (Å²) in [6, 6.07) is 11.3. The van der Waals surface area contributed by atoms with Crippen LogP contribution in [0, 0.1) is 0 Å². The lowest BCUT2D eigenvalue weighted by Crippen LogP contribution is -1.96. The summed E-state index contributed by atoms with van der Waals surface area (Å²) in [4.78, 5) is 10.8. The molecule has 19 heavy (non-hydrogen) atoms. The van der Waals surface area contributed by atoms with Crippen LogP contribution >= 0.6 is 11.6 Å². The molecule has 0 aliphatic heterocycles. The largest absolute Gasteiger partial charge is 0.497 e. The van der Waals surface area contributed by atoms with Crippen molar-refractivity contribution in [1.82, 2.24) is 0 Å². The van der Waals surface area contributed by atoms with Gasteiger partial charge in [-0.15, -0.1) is 0 Å². The van der Waals surface area contributed by atoms with Crippen molar-refractivity contribution in [1.29, 1.82) is 0 Å². The second-order valence-electron chi connectivity index (χ2n) is 3.73. The molecule has 2 rings (SSSR count). The van der Waals surface area contributed by atoms with E-state index in [1.54, 1.807) is 31.4 Å². The molecule has 0 radical (unpaired) electrons. The second kappa shape index (κ2) is 5.63. The van der Waals surface area contributed by atoms with Crippen molar-refractivity contribution >= 4 is 17.6 Å². The van der Waals surface area contributed by atoms with E-state index in [2.05, 4.69) is 0 Å². The van der Waals surface area contributed by atoms with Crippen LogP contribution in [0.4, 0.5) is 0 Å². The quantitative estimate of drug-likeness (QED) is 0.923. The highest BCUT2D eigenvalue weighted by molar-refractivity contribution is 6.32. The second-order valence-corrected chi connectivity index (χ2v) is 4.14. The maximum absolute atomic E-state index is 10.8. The number of methoxy groups -OCH3 is 1. The molecule has 0 aromatic heterocycles. The first-order chi connectivity index (χ1) is 9.10. The Morgan fingerprint density at radius 2 is 1.74 bits per heavy atom. The van der Waals surface area contributed by atoms with E-state index < -0.39 is 5.97 Å². The van der Waals surface area contributed by atoms with E-state index in [0.29, 0.717) is 11.5 Å². The van der Waals surface area contributed by atoms with Gasteiger partial charge in [0.1, 0.15) is 17.2 Å². The third-order valence-corrected chi connectivity index (χ3v) is 2.76. The zero-order valence-electron chi connectivity index (χ0n) is 10.1. The third kappa shape index (κ3) is 3.17. The van der Waals surface area contributed by atoms with Crippen molar-refractivity contribution in [3.63, 3.8) is 0 Å². The van der Waals surface area contributed by atoms with Gasteiger partial charge in [-0.3, -0.25) is 0 Å². The number of hydrogen-bond acceptors (Lipinski definition) is 3. The highest BCUT2D eigenvalue weighted by Gasteiger charge is 2.08. The normalized spacial score (nSPS) is 10.0. The van der Waals surface area contributed by atoms with Crippen molar-refractivity contribution in [3.8, 4) is 17.2 Å². The lowest BCUT2D eigenvalue weighted by molar-refractivity contribution is 0.0697. The molecular formula is C14H11ClO4. The van der Waals surface area contributed by atoms with Gasteiger partial charge in [0.05, 0.1) is 17.7 Å². The van der Waals surface area contributed by atoms with E-state index in [-0.39, 0.29) is 10.6 Å². The molecule has 2 aromatic carbocycles. The van der Waals surface area contributed by atoms with Crippen LogP contribution in [-0.2, 0) is 0 Å². The van der Waals surface area contributed by atoms with Crippen LogP contribution in [0.2, 0.25) is 5.02 Å². The Bertz CT molecular complexity index is 593. The summed E-state index contributed by atoms with van der Waals surface area (Å²) < 4.78 is 10.6. The fourth-order valence-corrected chi connectivity index (χ4v) is 1.71. The number of carbonyl (C=O) groups is 1. The minimum atomic E-state index is -1.03. The van der Waals surface area contributed by atoms with Gasteiger partial charge >= 0.3 is 5.97 Å². The van der Waals surface area contributed by atoms with Crippen LogP contribution in [0.3, 0.4) is 0 Å². The third-order valence-electron chi connectivity index (χ3n) is 2.47. The van der Waals surface area contributed by atoms with Crippen molar-refractivity contribution < 1.29 is 19.4 Å². The molecule has 0 bridgehead atoms. The lowest BCUT2D eigenvalue weighted by atomic mass is 10.2. The first-order valence-corrected chi connectivity index (χ1v) is 5.82. The van der Waals surface area contributed by atoms with Gasteiger partial charge < -0.3 is 14.6 Å². The SMILES string of the molecule is COc1ccc(Oc2ccc(C(=O)O)cc2Cl)cc1. The van der Waals surface area contributed by atoms with Crippen LogP contribution in [0.1, 0.15) is 10.4 Å². The standard InChI is InChI=1S/C14H11ClO4/c1-18-10-3-5-11(6-4-10)19-13-7-2-9(14(16)17)8-12(13)15/h2-8H,1H3,(H,16,17). The van der Waals surface area contributed by atoms with Gasteiger partial charge in [0.25, 0.3) is 0 Å². The molecule has 0 atom stereocenters. The maximum Gasteiger partial charge on any atom is 0.335 e. The molecule has 0 unspecified atom stereocenters. The number of hydrogen-bond donors (Lipinski definition) is 1. The Hall–Kier alpha value is -2.20. The van der Waals surface area contributed by atoms with Crippen molar-refractivity contribution in [2.45, 2.75) is 0 Å². The minimum Gasteiger partial charge on any atom is -0.497 e. The fourth-order valence-electron chi connectivity index (χ4n) is 1.49. The molecule has 0 amide bonds. The van der Waals surface area contributed by atoms with Crippen molar-refractivity contribution in [2.75, 3.05) is 7.11 Å². The van der Waals surface area contributed by atoms with E-state index in [1.807, 2.05) is 0 Å². The van der Waals surface area contributed by atoms with E-state index in [4.69, 9.17) is 26.2 Å². The molecule has 0 aliphatic carbocycles. The van der Waals surface area contributed by atoms with E-state index in [9.17, 15) is 4.79 Å². The van der Waals surface area contributed by atoms with Gasteiger partial charge in [-0.1, -0.05) is 11.6 Å². The van der Waals surface area contributed by atoms with E-state index in [1.165, 1.54) is 18.2 Å². The molecule has 0 saturated carbocycles. The van der Waals surface area contributed by atoms with Crippen LogP contribution in [0.15, 0.2) is 42.5 Å². The molecular weight excluding hydrogens is 268 g/mol. The number of carboxylic acid groups (broad SMARTS) is 1. The molecule has 0 heterocycles. The Morgan fingerprint density at radius 1 is 1.11 bits per heavy atom. The smallest absolute Gasteiger partial charge is 0.335 e. The first-order valence-electron chi connectivity index (χ1n) is 5.45. The molecule has 2 aromatic rings. The Kier molecular flexibility index (Phi) is 3.92. The highest BCUT2D eigenvalue weighted by atomic mass is 35.5. The van der Waals surface area contributed by atoms with Gasteiger partial charge in [-0.05, 0) is 42.5 Å². The van der Waals surface area contributed by atoms with Gasteiger partial charge in [-0.2, -0.15) is 0 Å². The number of carboxylic acids is 1. The monoisotopic (exact) mass is 278 g/mol. The molecule has 98 valence electrons. The minimum absolute atomic E-state index is 0.118. The van der Waals surface area contributed by atoms with E-state index >= 15 is 0 Å². The number of aromatic carboxylic acids is 1. The number of benzene rings is 2. The first kappa shape index (κ1) is 13.2. The molecule has 0 saturated heterocycles. The summed E-state index contributed by atoms with van der Waals surface area (Å²) in [6.45, 7) is 0. The average molecular weight is 279 g/mol. The average Bonchev–Trinajstić information content (AvgIpc) is 2.41. The summed E-state index contributed by atoms with van der Waals surface area (Å²) >= 11 is 5.97. The molecule has 4 nitrogen and oxygen atoms in total. The number of halogens is 1. The summed E-state index contributed by atoms with van der Waals surface area (Å²) in [5.41, 5.74) is 0.118. The molecule has 0 fully saturated rings. The topological polar surface area (TPSA) is 55.8 Å². The highest BCUT2D eigenvalue weighted by Crippen LogP contribution is 2.30. The molecule has 5 heteroatoms. The summed E-state index contributed by atoms with van der Waals surface area (Å²) in [6.07, 6.45) is 0. The van der Waals surface area contributed by atoms with Crippen LogP contribution in [0.5, 0.6) is 17.2 Å². The Morgan fingerprint density at radius 3 is 2.26 bits per heavy atom. The van der Waals surface area contributed by atoms with Crippen molar-refractivity contribution in [2.24, 2.45) is 0 Å². The maximum atomic E-state index is 10.8. The van der Waals surface area contributed by atoms with Crippen LogP contribution < -0.4 is 9.47 Å². The number of ether oxygens (including phenoxy) is 2. The lowest BCUT2D eigenvalue weighted by Gasteiger charge is -2.08. The van der Waals surface area contributed by atoms with Gasteiger partial charge in [0.2, 0.25) is 0 Å². The van der Waals surface area contributed by atoms with Crippen LogP contribution in [-0.4, -0.2) is 18.2 Å². The Labute approximate surface area is 115 Å². The predicted molar refractivity (Wildman–Crippen MR) is 71.5 cm³/mol. The number of rotatable bonds is 4. The summed E-state index contributed by atoms with van der Waals surface area (Å²) in [7, 11) is 1.58. The molecule has 0 spiro atoms. The fraction of sp³-hybridized carbons (Fsp3) is 0.0714. The van der Waals surface area contributed by atoms with E-state index in [0.717, 1.165) is 5.75 Å². The zero-order chi connectivity index (χ0) is 13.8. The summed E-state index contributed by atoms with van der Waals surface area (Å²) in [5.74, 6) is 0.681. The zero-order valence-corrected chi connectivity index (χ0v) is 10.8. The van der Waals surface area contributed by atoms with Gasteiger partial charge in [-0.25, -0.2) is 4.79 Å². The Balaban J connectivity index is 2.20. The van der Waals surface area contributed by atoms with Gasteiger partial charge in [0.15, 0.2) is 0 Å². The van der Waals surface area contributed by atoms with Crippen LogP contribution in [0.25, 0.3) is 0 Å². The van der Waals surface area contributed by atoms with Gasteiger partial charge in [0, 0.05) is 0 Å². The predicted octanol–water partition coefficient (Wildman–Crippen LogP) is 3.84. The van der Waals surface area contributed by atoms with Crippen molar-refractivity contribution in [3.05, 3.63) is 53.1 Å².